The summed E-state index contributed by atoms with van der Waals surface area (Å²) in [4.78, 5) is 4.14. The van der Waals surface area contributed by atoms with Crippen molar-refractivity contribution in [2.45, 2.75) is 11.3 Å². The largest absolute Gasteiger partial charge is 0.372 e. The Morgan fingerprint density at radius 1 is 1.30 bits per heavy atom. The van der Waals surface area contributed by atoms with E-state index in [0.717, 1.165) is 5.69 Å². The molecule has 0 aliphatic carbocycles. The minimum Gasteiger partial charge on any atom is -0.372 e. The second kappa shape index (κ2) is 6.02. The summed E-state index contributed by atoms with van der Waals surface area (Å²) in [5.74, 6) is 0.334. The number of sulfonamides is 1. The van der Waals surface area contributed by atoms with E-state index < -0.39 is 10.0 Å². The van der Waals surface area contributed by atoms with Gasteiger partial charge in [0, 0.05) is 45.1 Å². The lowest BCUT2D eigenvalue weighted by Crippen LogP contribution is -2.27. The number of pyridine rings is 1. The molecule has 0 fully saturated rings. The van der Waals surface area contributed by atoms with Crippen LogP contribution in [0.15, 0.2) is 35.5 Å². The van der Waals surface area contributed by atoms with E-state index in [1.54, 1.807) is 30.2 Å². The summed E-state index contributed by atoms with van der Waals surface area (Å²) in [7, 11) is -0.114. The zero-order chi connectivity index (χ0) is 14.6. The molecule has 2 rings (SSSR count). The van der Waals surface area contributed by atoms with Gasteiger partial charge in [-0.1, -0.05) is 0 Å². The van der Waals surface area contributed by atoms with Crippen LogP contribution in [0.5, 0.6) is 0 Å². The maximum Gasteiger partial charge on any atom is 0.244 e. The van der Waals surface area contributed by atoms with Crippen molar-refractivity contribution in [2.24, 2.45) is 7.05 Å². The molecule has 0 unspecified atom stereocenters. The number of rotatable bonds is 6. The number of nitrogens with one attached hydrogen (secondary N) is 2. The van der Waals surface area contributed by atoms with E-state index in [2.05, 4.69) is 20.1 Å². The van der Waals surface area contributed by atoms with Gasteiger partial charge in [-0.3, -0.25) is 4.68 Å². The van der Waals surface area contributed by atoms with Gasteiger partial charge in [-0.2, -0.15) is 5.10 Å². The highest BCUT2D eigenvalue weighted by molar-refractivity contribution is 7.89. The third-order valence-electron chi connectivity index (χ3n) is 2.89. The van der Waals surface area contributed by atoms with Gasteiger partial charge in [0.2, 0.25) is 10.0 Å². The van der Waals surface area contributed by atoms with Crippen molar-refractivity contribution in [3.05, 3.63) is 36.3 Å². The summed E-state index contributed by atoms with van der Waals surface area (Å²) >= 11 is 0. The fourth-order valence-corrected chi connectivity index (χ4v) is 3.03. The highest BCUT2D eigenvalue weighted by Crippen LogP contribution is 2.16. The zero-order valence-corrected chi connectivity index (χ0v) is 12.2. The van der Waals surface area contributed by atoms with E-state index in [4.69, 9.17) is 0 Å². The highest BCUT2D eigenvalue weighted by Gasteiger charge is 2.18. The first kappa shape index (κ1) is 14.5. The van der Waals surface area contributed by atoms with Gasteiger partial charge in [0.1, 0.15) is 10.7 Å². The summed E-state index contributed by atoms with van der Waals surface area (Å²) in [5.41, 5.74) is 0.965. The first-order valence-electron chi connectivity index (χ1n) is 6.14. The van der Waals surface area contributed by atoms with Gasteiger partial charge in [-0.15, -0.1) is 0 Å². The predicted octanol–water partition coefficient (Wildman–Crippen LogP) is 0.378. The third-order valence-corrected chi connectivity index (χ3v) is 4.39. The SMILES string of the molecule is CNc1ncccc1S(=O)(=O)NCCc1ccnn1C. The van der Waals surface area contributed by atoms with Crippen LogP contribution in [0.2, 0.25) is 0 Å². The summed E-state index contributed by atoms with van der Waals surface area (Å²) in [5, 5.41) is 6.81. The molecule has 2 N–H and O–H groups in total. The monoisotopic (exact) mass is 295 g/mol. The van der Waals surface area contributed by atoms with Crippen molar-refractivity contribution in [1.29, 1.82) is 0 Å². The van der Waals surface area contributed by atoms with Crippen molar-refractivity contribution >= 4 is 15.8 Å². The fraction of sp³-hybridized carbons (Fsp3) is 0.333. The molecule has 0 atom stereocenters. The van der Waals surface area contributed by atoms with Crippen molar-refractivity contribution in [2.75, 3.05) is 18.9 Å². The Hall–Kier alpha value is -1.93. The second-order valence-corrected chi connectivity index (χ2v) is 5.93. The van der Waals surface area contributed by atoms with Crippen molar-refractivity contribution in [3.8, 4) is 0 Å². The Bertz CT molecular complexity index is 681. The molecule has 8 heteroatoms. The van der Waals surface area contributed by atoms with Crippen LogP contribution in [-0.2, 0) is 23.5 Å². The van der Waals surface area contributed by atoms with E-state index in [-0.39, 0.29) is 4.90 Å². The topological polar surface area (TPSA) is 88.9 Å². The van der Waals surface area contributed by atoms with Crippen LogP contribution in [0.25, 0.3) is 0 Å². The molecule has 20 heavy (non-hydrogen) atoms. The third kappa shape index (κ3) is 3.14. The Morgan fingerprint density at radius 2 is 2.10 bits per heavy atom. The van der Waals surface area contributed by atoms with Crippen LogP contribution in [0.3, 0.4) is 0 Å². The Morgan fingerprint density at radius 3 is 2.75 bits per heavy atom. The van der Waals surface area contributed by atoms with E-state index in [1.807, 2.05) is 13.1 Å². The minimum absolute atomic E-state index is 0.146. The first-order chi connectivity index (χ1) is 9.54. The number of aryl methyl sites for hydroxylation is 1. The minimum atomic E-state index is -3.57. The first-order valence-corrected chi connectivity index (χ1v) is 7.62. The number of aromatic nitrogens is 3. The second-order valence-electron chi connectivity index (χ2n) is 4.19. The van der Waals surface area contributed by atoms with Gasteiger partial charge in [0.25, 0.3) is 0 Å². The predicted molar refractivity (Wildman–Crippen MR) is 75.9 cm³/mol. The fourth-order valence-electron chi connectivity index (χ4n) is 1.83. The highest BCUT2D eigenvalue weighted by atomic mass is 32.2. The zero-order valence-electron chi connectivity index (χ0n) is 11.4. The van der Waals surface area contributed by atoms with Crippen LogP contribution >= 0.6 is 0 Å². The molecule has 7 nitrogen and oxygen atoms in total. The van der Waals surface area contributed by atoms with Gasteiger partial charge >= 0.3 is 0 Å². The molecule has 0 amide bonds. The molecule has 0 aliphatic heterocycles. The molecular formula is C12H17N5O2S. The van der Waals surface area contributed by atoms with Crippen LogP contribution in [0, 0.1) is 0 Å². The van der Waals surface area contributed by atoms with E-state index in [9.17, 15) is 8.42 Å². The summed E-state index contributed by atoms with van der Waals surface area (Å²) in [6.07, 6.45) is 3.80. The number of hydrogen-bond donors (Lipinski definition) is 2. The molecule has 0 saturated heterocycles. The molecule has 2 aromatic heterocycles. The van der Waals surface area contributed by atoms with Crippen LogP contribution < -0.4 is 10.0 Å². The molecule has 0 aromatic carbocycles. The van der Waals surface area contributed by atoms with Crippen LogP contribution in [-0.4, -0.2) is 36.8 Å². The molecule has 0 aliphatic rings. The number of anilines is 1. The lowest BCUT2D eigenvalue weighted by atomic mass is 10.3. The molecule has 0 bridgehead atoms. The van der Waals surface area contributed by atoms with Gasteiger partial charge < -0.3 is 5.32 Å². The average Bonchev–Trinajstić information content (AvgIpc) is 2.84. The number of hydrogen-bond acceptors (Lipinski definition) is 5. The van der Waals surface area contributed by atoms with Crippen LogP contribution in [0.1, 0.15) is 5.69 Å². The van der Waals surface area contributed by atoms with Gasteiger partial charge in [-0.05, 0) is 18.2 Å². The van der Waals surface area contributed by atoms with Crippen molar-refractivity contribution in [1.82, 2.24) is 19.5 Å². The molecule has 108 valence electrons. The maximum atomic E-state index is 12.2. The quantitative estimate of drug-likeness (QED) is 0.804. The molecule has 0 saturated carbocycles. The summed E-state index contributed by atoms with van der Waals surface area (Å²) in [6.45, 7) is 0.305. The molecule has 0 radical (unpaired) electrons. The normalized spacial score (nSPS) is 11.5. The maximum absolute atomic E-state index is 12.2. The van der Waals surface area contributed by atoms with Gasteiger partial charge in [-0.25, -0.2) is 18.1 Å². The van der Waals surface area contributed by atoms with Crippen molar-refractivity contribution < 1.29 is 8.42 Å². The summed E-state index contributed by atoms with van der Waals surface area (Å²) in [6, 6.07) is 4.97. The lowest BCUT2D eigenvalue weighted by Gasteiger charge is -2.10. The lowest BCUT2D eigenvalue weighted by molar-refractivity contribution is 0.579. The van der Waals surface area contributed by atoms with Gasteiger partial charge in [0.05, 0.1) is 0 Å². The smallest absolute Gasteiger partial charge is 0.244 e. The Kier molecular flexibility index (Phi) is 4.35. The number of nitrogens with zero attached hydrogens (tertiary/aromatic N) is 3. The molecular weight excluding hydrogens is 278 g/mol. The van der Waals surface area contributed by atoms with Gasteiger partial charge in [0.15, 0.2) is 0 Å². The van der Waals surface area contributed by atoms with Crippen molar-refractivity contribution in [3.63, 3.8) is 0 Å². The van der Waals surface area contributed by atoms with Crippen LogP contribution in [0.4, 0.5) is 5.82 Å². The molecule has 2 aromatic rings. The molecule has 0 spiro atoms. The van der Waals surface area contributed by atoms with E-state index in [1.165, 1.54) is 6.07 Å². The summed E-state index contributed by atoms with van der Waals surface area (Å²) < 4.78 is 28.7. The van der Waals surface area contributed by atoms with E-state index in [0.29, 0.717) is 18.8 Å². The average molecular weight is 295 g/mol. The molecule has 2 heterocycles. The Labute approximate surface area is 118 Å². The Balaban J connectivity index is 2.06. The standard InChI is InChI=1S/C12H17N5O2S/c1-13-12-11(4-3-7-14-12)20(18,19)16-9-6-10-5-8-15-17(10)2/h3-5,7-8,16H,6,9H2,1-2H3,(H,13,14). The van der Waals surface area contributed by atoms with E-state index >= 15 is 0 Å².